The standard InChI is InChI=1S/C21H24ClNO4/c1-13-14-10-17(24)12-20(11-14,18(13)25)19(26)23-8-6-21(27,7-9-23)15-2-4-16(22)5-3-15/h2-5,13-14,27H,6-12H2,1H3. The van der Waals surface area contributed by atoms with Gasteiger partial charge < -0.3 is 10.0 Å². The third-order valence-electron chi connectivity index (χ3n) is 6.86. The highest BCUT2D eigenvalue weighted by atomic mass is 35.5. The van der Waals surface area contributed by atoms with Crippen molar-refractivity contribution in [3.8, 4) is 0 Å². The second-order valence-corrected chi connectivity index (χ2v) is 8.89. The summed E-state index contributed by atoms with van der Waals surface area (Å²) in [7, 11) is 0. The average molecular weight is 390 g/mol. The molecule has 2 bridgehead atoms. The van der Waals surface area contributed by atoms with Crippen molar-refractivity contribution in [3.05, 3.63) is 34.9 Å². The van der Waals surface area contributed by atoms with Gasteiger partial charge in [-0.3, -0.25) is 14.4 Å². The van der Waals surface area contributed by atoms with Gasteiger partial charge in [-0.15, -0.1) is 0 Å². The molecule has 0 spiro atoms. The molecule has 1 aliphatic heterocycles. The summed E-state index contributed by atoms with van der Waals surface area (Å²) < 4.78 is 0. The lowest BCUT2D eigenvalue weighted by Gasteiger charge is -2.42. The van der Waals surface area contributed by atoms with Crippen LogP contribution in [0.3, 0.4) is 0 Å². The van der Waals surface area contributed by atoms with Crippen LogP contribution in [0.2, 0.25) is 5.02 Å². The molecule has 0 radical (unpaired) electrons. The van der Waals surface area contributed by atoms with Crippen LogP contribution in [0.4, 0.5) is 0 Å². The molecule has 4 rings (SSSR count). The van der Waals surface area contributed by atoms with Crippen molar-refractivity contribution in [1.29, 1.82) is 0 Å². The van der Waals surface area contributed by atoms with Crippen LogP contribution in [-0.2, 0) is 20.0 Å². The van der Waals surface area contributed by atoms with Crippen LogP contribution < -0.4 is 0 Å². The summed E-state index contributed by atoms with van der Waals surface area (Å²) in [6.45, 7) is 2.59. The zero-order valence-electron chi connectivity index (χ0n) is 15.4. The number of halogens is 1. The normalized spacial score (nSPS) is 32.6. The molecule has 3 fully saturated rings. The summed E-state index contributed by atoms with van der Waals surface area (Å²) in [5, 5.41) is 11.6. The van der Waals surface area contributed by atoms with E-state index in [1.165, 1.54) is 0 Å². The number of hydrogen-bond donors (Lipinski definition) is 1. The second kappa shape index (κ2) is 6.42. The molecule has 1 saturated heterocycles. The van der Waals surface area contributed by atoms with Crippen LogP contribution >= 0.6 is 11.6 Å². The fraction of sp³-hybridized carbons (Fsp3) is 0.571. The van der Waals surface area contributed by atoms with Crippen molar-refractivity contribution < 1.29 is 19.5 Å². The van der Waals surface area contributed by atoms with Gasteiger partial charge in [-0.25, -0.2) is 0 Å². The molecule has 3 aliphatic rings. The number of carbonyl (C=O) groups is 3. The smallest absolute Gasteiger partial charge is 0.236 e. The van der Waals surface area contributed by atoms with Crippen molar-refractivity contribution in [2.45, 2.75) is 44.6 Å². The molecule has 2 saturated carbocycles. The van der Waals surface area contributed by atoms with E-state index in [4.69, 9.17) is 11.6 Å². The van der Waals surface area contributed by atoms with Gasteiger partial charge >= 0.3 is 0 Å². The minimum Gasteiger partial charge on any atom is -0.385 e. The van der Waals surface area contributed by atoms with E-state index in [1.54, 1.807) is 17.0 Å². The summed E-state index contributed by atoms with van der Waals surface area (Å²) in [5.41, 5.74) is -1.37. The first-order chi connectivity index (χ1) is 12.7. The summed E-state index contributed by atoms with van der Waals surface area (Å²) in [4.78, 5) is 40.0. The Morgan fingerprint density at radius 1 is 1.19 bits per heavy atom. The lowest BCUT2D eigenvalue weighted by Crippen LogP contribution is -2.53. The van der Waals surface area contributed by atoms with Gasteiger partial charge in [-0.05, 0) is 42.9 Å². The van der Waals surface area contributed by atoms with Crippen LogP contribution in [-0.4, -0.2) is 40.6 Å². The number of benzene rings is 1. The Bertz CT molecular complexity index is 797. The van der Waals surface area contributed by atoms with Gasteiger partial charge in [0, 0.05) is 36.9 Å². The van der Waals surface area contributed by atoms with E-state index in [2.05, 4.69) is 0 Å². The summed E-state index contributed by atoms with van der Waals surface area (Å²) >= 11 is 5.93. The third-order valence-corrected chi connectivity index (χ3v) is 7.11. The number of piperidine rings is 1. The van der Waals surface area contributed by atoms with Gasteiger partial charge in [0.15, 0.2) is 5.78 Å². The molecule has 0 aromatic heterocycles. The van der Waals surface area contributed by atoms with Gasteiger partial charge in [0.2, 0.25) is 5.91 Å². The van der Waals surface area contributed by atoms with Crippen LogP contribution in [0.5, 0.6) is 0 Å². The summed E-state index contributed by atoms with van der Waals surface area (Å²) in [6, 6.07) is 7.12. The predicted octanol–water partition coefficient (Wildman–Crippen LogP) is 2.72. The summed E-state index contributed by atoms with van der Waals surface area (Å²) in [5.74, 6) is -0.489. The molecular formula is C21H24ClNO4. The first-order valence-corrected chi connectivity index (χ1v) is 9.97. The van der Waals surface area contributed by atoms with E-state index >= 15 is 0 Å². The molecule has 5 nitrogen and oxygen atoms in total. The van der Waals surface area contributed by atoms with Crippen LogP contribution in [0.25, 0.3) is 0 Å². The lowest BCUT2D eigenvalue weighted by molar-refractivity contribution is -0.155. The number of amides is 1. The van der Waals surface area contributed by atoms with Gasteiger partial charge in [-0.1, -0.05) is 30.7 Å². The fourth-order valence-electron chi connectivity index (χ4n) is 5.18. The first kappa shape index (κ1) is 18.6. The molecule has 3 atom stereocenters. The van der Waals surface area contributed by atoms with E-state index in [9.17, 15) is 19.5 Å². The number of fused-ring (bicyclic) bond motifs is 2. The van der Waals surface area contributed by atoms with Crippen molar-refractivity contribution in [2.75, 3.05) is 13.1 Å². The molecule has 1 aromatic rings. The highest BCUT2D eigenvalue weighted by molar-refractivity contribution is 6.30. The molecule has 1 aromatic carbocycles. The fourth-order valence-corrected chi connectivity index (χ4v) is 5.31. The summed E-state index contributed by atoms with van der Waals surface area (Å²) in [6.07, 6.45) is 1.76. The van der Waals surface area contributed by atoms with E-state index < -0.39 is 11.0 Å². The molecule has 3 unspecified atom stereocenters. The monoisotopic (exact) mass is 389 g/mol. The molecule has 1 N–H and O–H groups in total. The van der Waals surface area contributed by atoms with Crippen molar-refractivity contribution >= 4 is 29.1 Å². The molecular weight excluding hydrogens is 366 g/mol. The minimum atomic E-state index is -1.16. The Balaban J connectivity index is 1.51. The molecule has 6 heteroatoms. The van der Waals surface area contributed by atoms with E-state index in [-0.39, 0.29) is 35.7 Å². The number of Topliss-reactive ketones (excluding diaryl/α,β-unsaturated/α-hetero) is 2. The number of nitrogens with zero attached hydrogens (tertiary/aromatic N) is 1. The van der Waals surface area contributed by atoms with Crippen LogP contribution in [0.15, 0.2) is 24.3 Å². The maximum absolute atomic E-state index is 13.3. The maximum Gasteiger partial charge on any atom is 0.236 e. The Morgan fingerprint density at radius 2 is 1.81 bits per heavy atom. The highest BCUT2D eigenvalue weighted by Gasteiger charge is 2.61. The largest absolute Gasteiger partial charge is 0.385 e. The lowest BCUT2D eigenvalue weighted by atomic mass is 9.73. The minimum absolute atomic E-state index is 0.00140. The second-order valence-electron chi connectivity index (χ2n) is 8.45. The van der Waals surface area contributed by atoms with Crippen LogP contribution in [0.1, 0.15) is 44.6 Å². The van der Waals surface area contributed by atoms with Gasteiger partial charge in [0.25, 0.3) is 0 Å². The SMILES string of the molecule is CC1C(=O)C2(C(=O)N3CCC(O)(c4ccc(Cl)cc4)CC3)CC(=O)CC1C2. The average Bonchev–Trinajstić information content (AvgIpc) is 2.83. The Kier molecular flexibility index (Phi) is 4.43. The maximum atomic E-state index is 13.3. The van der Waals surface area contributed by atoms with Crippen molar-refractivity contribution in [3.63, 3.8) is 0 Å². The molecule has 1 amide bonds. The predicted molar refractivity (Wildman–Crippen MR) is 100 cm³/mol. The Morgan fingerprint density at radius 3 is 2.44 bits per heavy atom. The first-order valence-electron chi connectivity index (χ1n) is 9.59. The number of ketones is 2. The molecule has 2 aliphatic carbocycles. The van der Waals surface area contributed by atoms with Crippen molar-refractivity contribution in [2.24, 2.45) is 17.3 Å². The van der Waals surface area contributed by atoms with Crippen molar-refractivity contribution in [1.82, 2.24) is 4.90 Å². The van der Waals surface area contributed by atoms with E-state index in [0.717, 1.165) is 5.56 Å². The zero-order chi connectivity index (χ0) is 19.4. The highest BCUT2D eigenvalue weighted by Crippen LogP contribution is 2.52. The number of aliphatic hydroxyl groups is 1. The topological polar surface area (TPSA) is 74.7 Å². The van der Waals surface area contributed by atoms with E-state index in [0.29, 0.717) is 43.8 Å². The molecule has 1 heterocycles. The quantitative estimate of drug-likeness (QED) is 0.789. The number of carbonyl (C=O) groups excluding carboxylic acids is 3. The molecule has 144 valence electrons. The Labute approximate surface area is 163 Å². The zero-order valence-corrected chi connectivity index (χ0v) is 16.2. The van der Waals surface area contributed by atoms with Gasteiger partial charge in [-0.2, -0.15) is 0 Å². The van der Waals surface area contributed by atoms with Crippen LogP contribution in [0, 0.1) is 17.3 Å². The van der Waals surface area contributed by atoms with Gasteiger partial charge in [0.1, 0.15) is 11.2 Å². The number of rotatable bonds is 2. The van der Waals surface area contributed by atoms with E-state index in [1.807, 2.05) is 19.1 Å². The third kappa shape index (κ3) is 2.92. The number of likely N-dealkylation sites (tertiary alicyclic amines) is 1. The molecule has 27 heavy (non-hydrogen) atoms. The van der Waals surface area contributed by atoms with Gasteiger partial charge in [0.05, 0.1) is 5.60 Å². The Hall–Kier alpha value is -1.72. The number of hydrogen-bond acceptors (Lipinski definition) is 4.